The first-order chi connectivity index (χ1) is 15.0. The number of carbonyl (C=O) groups is 1. The zero-order chi connectivity index (χ0) is 22.0. The van der Waals surface area contributed by atoms with Crippen molar-refractivity contribution in [2.45, 2.75) is 32.7 Å². The van der Waals surface area contributed by atoms with Gasteiger partial charge < -0.3 is 4.74 Å². The van der Waals surface area contributed by atoms with Crippen LogP contribution in [0.2, 0.25) is 10.0 Å². The van der Waals surface area contributed by atoms with E-state index < -0.39 is 0 Å². The van der Waals surface area contributed by atoms with Crippen molar-refractivity contribution in [3.05, 3.63) is 85.1 Å². The molecule has 3 aromatic rings. The van der Waals surface area contributed by atoms with Gasteiger partial charge in [0.15, 0.2) is 5.69 Å². The van der Waals surface area contributed by atoms with Gasteiger partial charge in [0, 0.05) is 20.1 Å². The van der Waals surface area contributed by atoms with E-state index in [9.17, 15) is 4.79 Å². The molecule has 0 atom stereocenters. The van der Waals surface area contributed by atoms with Gasteiger partial charge in [0.05, 0.1) is 18.8 Å². The van der Waals surface area contributed by atoms with Gasteiger partial charge in [0.25, 0.3) is 0 Å². The molecule has 0 bridgehead atoms. The molecule has 0 saturated carbocycles. The third kappa shape index (κ3) is 4.89. The zero-order valence-electron chi connectivity index (χ0n) is 17.0. The second-order valence-corrected chi connectivity index (χ2v) is 9.12. The minimum Gasteiger partial charge on any atom is -0.461 e. The van der Waals surface area contributed by atoms with Gasteiger partial charge in [0.1, 0.15) is 0 Å². The number of benzene rings is 2. The molecule has 160 valence electrons. The summed E-state index contributed by atoms with van der Waals surface area (Å²) in [7, 11) is 0. The van der Waals surface area contributed by atoms with Crippen molar-refractivity contribution in [1.82, 2.24) is 9.78 Å². The Morgan fingerprint density at radius 1 is 1.19 bits per heavy atom. The van der Waals surface area contributed by atoms with Crippen molar-refractivity contribution in [2.75, 3.05) is 6.61 Å². The SMILES string of the molecule is CCOC(=O)c1nn(Cc2ccc(Cl)cc2Cl)c2c1CCC/C2=C\c1ccc(Br)cc1. The second-order valence-electron chi connectivity index (χ2n) is 7.36. The number of rotatable bonds is 5. The predicted octanol–water partition coefficient (Wildman–Crippen LogP) is 7.05. The lowest BCUT2D eigenvalue weighted by atomic mass is 9.90. The fraction of sp³-hybridized carbons (Fsp3) is 0.250. The van der Waals surface area contributed by atoms with Crippen LogP contribution in [0.25, 0.3) is 11.6 Å². The number of fused-ring (bicyclic) bond motifs is 1. The molecule has 7 heteroatoms. The molecule has 0 amide bonds. The Balaban J connectivity index is 1.82. The number of halogens is 3. The van der Waals surface area contributed by atoms with E-state index >= 15 is 0 Å². The third-order valence-corrected chi connectivity index (χ3v) is 6.36. The topological polar surface area (TPSA) is 44.1 Å². The maximum atomic E-state index is 12.6. The molecule has 0 saturated heterocycles. The number of allylic oxidation sites excluding steroid dienone is 1. The summed E-state index contributed by atoms with van der Waals surface area (Å²) >= 11 is 16.0. The van der Waals surface area contributed by atoms with Gasteiger partial charge in [-0.15, -0.1) is 0 Å². The van der Waals surface area contributed by atoms with Crippen molar-refractivity contribution in [3.8, 4) is 0 Å². The molecule has 0 spiro atoms. The number of carbonyl (C=O) groups excluding carboxylic acids is 1. The lowest BCUT2D eigenvalue weighted by molar-refractivity contribution is 0.0517. The fourth-order valence-electron chi connectivity index (χ4n) is 3.86. The summed E-state index contributed by atoms with van der Waals surface area (Å²) in [5, 5.41) is 5.83. The third-order valence-electron chi connectivity index (χ3n) is 5.24. The molecule has 0 N–H and O–H groups in total. The highest BCUT2D eigenvalue weighted by Gasteiger charge is 2.28. The molecule has 0 unspecified atom stereocenters. The van der Waals surface area contributed by atoms with Crippen LogP contribution in [-0.4, -0.2) is 22.4 Å². The Morgan fingerprint density at radius 3 is 2.68 bits per heavy atom. The van der Waals surface area contributed by atoms with Gasteiger partial charge >= 0.3 is 5.97 Å². The van der Waals surface area contributed by atoms with Crippen LogP contribution < -0.4 is 0 Å². The summed E-state index contributed by atoms with van der Waals surface area (Å²) in [6.07, 6.45) is 4.82. The van der Waals surface area contributed by atoms with E-state index in [2.05, 4.69) is 39.2 Å². The maximum Gasteiger partial charge on any atom is 0.359 e. The van der Waals surface area contributed by atoms with Crippen molar-refractivity contribution in [3.63, 3.8) is 0 Å². The lowest BCUT2D eigenvalue weighted by Crippen LogP contribution is -2.10. The van der Waals surface area contributed by atoms with Crippen LogP contribution in [0.1, 0.15) is 52.6 Å². The summed E-state index contributed by atoms with van der Waals surface area (Å²) in [5.41, 5.74) is 5.45. The van der Waals surface area contributed by atoms with E-state index in [0.29, 0.717) is 28.9 Å². The van der Waals surface area contributed by atoms with Gasteiger partial charge in [-0.1, -0.05) is 57.3 Å². The minimum atomic E-state index is -0.385. The predicted molar refractivity (Wildman–Crippen MR) is 129 cm³/mol. The summed E-state index contributed by atoms with van der Waals surface area (Å²) in [6, 6.07) is 13.6. The summed E-state index contributed by atoms with van der Waals surface area (Å²) < 4.78 is 8.19. The minimum absolute atomic E-state index is 0.311. The number of hydrogen-bond donors (Lipinski definition) is 0. The molecule has 4 rings (SSSR count). The molecule has 31 heavy (non-hydrogen) atoms. The second kappa shape index (κ2) is 9.60. The Labute approximate surface area is 199 Å². The molecule has 1 aliphatic carbocycles. The first kappa shape index (κ1) is 22.1. The maximum absolute atomic E-state index is 12.6. The highest BCUT2D eigenvalue weighted by Crippen LogP contribution is 2.36. The lowest BCUT2D eigenvalue weighted by Gasteiger charge is -2.19. The van der Waals surface area contributed by atoms with Crippen molar-refractivity contribution >= 4 is 56.8 Å². The molecule has 0 radical (unpaired) electrons. The van der Waals surface area contributed by atoms with Crippen LogP contribution in [0.5, 0.6) is 0 Å². The van der Waals surface area contributed by atoms with Crippen LogP contribution in [0, 0.1) is 0 Å². The zero-order valence-corrected chi connectivity index (χ0v) is 20.1. The molecular weight excluding hydrogens is 499 g/mol. The Morgan fingerprint density at radius 2 is 1.97 bits per heavy atom. The van der Waals surface area contributed by atoms with Crippen molar-refractivity contribution < 1.29 is 9.53 Å². The van der Waals surface area contributed by atoms with Crippen LogP contribution in [0.15, 0.2) is 46.9 Å². The number of aromatic nitrogens is 2. The van der Waals surface area contributed by atoms with Gasteiger partial charge in [0.2, 0.25) is 0 Å². The van der Waals surface area contributed by atoms with Crippen LogP contribution in [-0.2, 0) is 17.7 Å². The summed E-state index contributed by atoms with van der Waals surface area (Å²) in [5.74, 6) is -0.385. The van der Waals surface area contributed by atoms with Crippen molar-refractivity contribution in [2.24, 2.45) is 0 Å². The molecule has 1 heterocycles. The molecule has 2 aromatic carbocycles. The summed E-state index contributed by atoms with van der Waals surface area (Å²) in [6.45, 7) is 2.55. The van der Waals surface area contributed by atoms with Gasteiger partial charge in [-0.05, 0) is 73.2 Å². The van der Waals surface area contributed by atoms with E-state index in [1.165, 1.54) is 0 Å². The molecule has 4 nitrogen and oxygen atoms in total. The highest BCUT2D eigenvalue weighted by atomic mass is 79.9. The number of esters is 1. The van der Waals surface area contributed by atoms with E-state index in [1.807, 2.05) is 28.9 Å². The molecular formula is C24H21BrCl2N2O2. The molecule has 0 aliphatic heterocycles. The van der Waals surface area contributed by atoms with E-state index in [1.54, 1.807) is 13.0 Å². The number of nitrogens with zero attached hydrogens (tertiary/aromatic N) is 2. The normalized spacial score (nSPS) is 14.5. The van der Waals surface area contributed by atoms with Crippen LogP contribution in [0.4, 0.5) is 0 Å². The van der Waals surface area contributed by atoms with Gasteiger partial charge in [-0.25, -0.2) is 4.79 Å². The standard InChI is InChI=1S/C24H21BrCl2N2O2/c1-2-31-24(30)22-20-5-3-4-16(12-15-6-9-18(25)10-7-15)23(20)29(28-22)14-17-8-11-19(26)13-21(17)27/h6-13H,2-5,14H2,1H3/b16-12+. The van der Waals surface area contributed by atoms with E-state index in [-0.39, 0.29) is 5.97 Å². The fourth-order valence-corrected chi connectivity index (χ4v) is 4.59. The molecule has 1 aromatic heterocycles. The Hall–Kier alpha value is -2.08. The molecule has 0 fully saturated rings. The summed E-state index contributed by atoms with van der Waals surface area (Å²) in [4.78, 5) is 12.6. The number of hydrogen-bond acceptors (Lipinski definition) is 3. The Bertz CT molecular complexity index is 1150. The first-order valence-corrected chi connectivity index (χ1v) is 11.7. The average Bonchev–Trinajstić information content (AvgIpc) is 3.11. The van der Waals surface area contributed by atoms with E-state index in [0.717, 1.165) is 51.7 Å². The van der Waals surface area contributed by atoms with E-state index in [4.69, 9.17) is 27.9 Å². The Kier molecular flexibility index (Phi) is 6.85. The van der Waals surface area contributed by atoms with Crippen LogP contribution >= 0.6 is 39.1 Å². The smallest absolute Gasteiger partial charge is 0.359 e. The number of ether oxygens (including phenoxy) is 1. The highest BCUT2D eigenvalue weighted by molar-refractivity contribution is 9.10. The monoisotopic (exact) mass is 518 g/mol. The average molecular weight is 520 g/mol. The quantitative estimate of drug-likeness (QED) is 0.339. The largest absolute Gasteiger partial charge is 0.461 e. The molecule has 1 aliphatic rings. The van der Waals surface area contributed by atoms with Crippen molar-refractivity contribution in [1.29, 1.82) is 0 Å². The van der Waals surface area contributed by atoms with Gasteiger partial charge in [-0.2, -0.15) is 5.10 Å². The van der Waals surface area contributed by atoms with Gasteiger partial charge in [-0.3, -0.25) is 4.68 Å². The van der Waals surface area contributed by atoms with Crippen LogP contribution in [0.3, 0.4) is 0 Å². The first-order valence-electron chi connectivity index (χ1n) is 10.1.